The number of amides is 2. The predicted molar refractivity (Wildman–Crippen MR) is 89.9 cm³/mol. The lowest BCUT2D eigenvalue weighted by Crippen LogP contribution is -2.34. The van der Waals surface area contributed by atoms with Crippen LogP contribution in [0.15, 0.2) is 51.5 Å². The average Bonchev–Trinajstić information content (AvgIpc) is 2.43. The highest BCUT2D eigenvalue weighted by molar-refractivity contribution is 9.11. The Balaban J connectivity index is 2.01. The van der Waals surface area contributed by atoms with E-state index in [-0.39, 0.29) is 0 Å². The lowest BCUT2D eigenvalue weighted by Gasteiger charge is -2.09. The molecule has 2 amide bonds. The molecule has 7 heteroatoms. The molecule has 1 heterocycles. The molecule has 0 aliphatic rings. The number of aromatic nitrogens is 1. The van der Waals surface area contributed by atoms with Crippen molar-refractivity contribution in [3.05, 3.63) is 57.1 Å². The Morgan fingerprint density at radius 3 is 2.55 bits per heavy atom. The number of hydrogen-bond acceptors (Lipinski definition) is 3. The highest BCUT2D eigenvalue weighted by atomic mass is 79.9. The summed E-state index contributed by atoms with van der Waals surface area (Å²) in [5, 5.41) is 5.22. The lowest BCUT2D eigenvalue weighted by molar-refractivity contribution is 0.256. The summed E-state index contributed by atoms with van der Waals surface area (Å²) in [6.07, 6.45) is 1.59. The van der Waals surface area contributed by atoms with Gasteiger partial charge in [0.1, 0.15) is 10.8 Å². The SMILES string of the molecule is O=C(NC(=S)c1ccccc1)Nc1ncc(Br)cc1Br. The van der Waals surface area contributed by atoms with Gasteiger partial charge in [0.25, 0.3) is 0 Å². The molecule has 0 saturated heterocycles. The van der Waals surface area contributed by atoms with Crippen LogP contribution in [0.25, 0.3) is 0 Å². The van der Waals surface area contributed by atoms with Gasteiger partial charge in [0.15, 0.2) is 0 Å². The van der Waals surface area contributed by atoms with E-state index in [1.807, 2.05) is 30.3 Å². The van der Waals surface area contributed by atoms with Crippen LogP contribution in [-0.2, 0) is 0 Å². The maximum Gasteiger partial charge on any atom is 0.325 e. The van der Waals surface area contributed by atoms with E-state index in [0.29, 0.717) is 15.3 Å². The van der Waals surface area contributed by atoms with Crippen LogP contribution in [0.4, 0.5) is 10.6 Å². The van der Waals surface area contributed by atoms with E-state index < -0.39 is 6.03 Å². The predicted octanol–water partition coefficient (Wildman–Crippen LogP) is 4.10. The molecular formula is C13H9Br2N3OS. The summed E-state index contributed by atoms with van der Waals surface area (Å²) < 4.78 is 1.49. The number of benzene rings is 1. The third-order valence-electron chi connectivity index (χ3n) is 2.30. The Morgan fingerprint density at radius 2 is 1.90 bits per heavy atom. The van der Waals surface area contributed by atoms with Gasteiger partial charge in [-0.1, -0.05) is 42.5 Å². The third-order valence-corrected chi connectivity index (χ3v) is 3.68. The van der Waals surface area contributed by atoms with Crippen molar-refractivity contribution in [2.45, 2.75) is 0 Å². The smallest absolute Gasteiger partial charge is 0.298 e. The first-order valence-electron chi connectivity index (χ1n) is 5.54. The number of carbonyl (C=O) groups is 1. The van der Waals surface area contributed by atoms with Gasteiger partial charge in [0.05, 0.1) is 4.47 Å². The van der Waals surface area contributed by atoms with Crippen LogP contribution < -0.4 is 10.6 Å². The molecule has 102 valence electrons. The number of thiocarbonyl (C=S) groups is 1. The van der Waals surface area contributed by atoms with E-state index in [9.17, 15) is 4.79 Å². The van der Waals surface area contributed by atoms with E-state index in [2.05, 4.69) is 47.5 Å². The van der Waals surface area contributed by atoms with Crippen LogP contribution in [0.3, 0.4) is 0 Å². The summed E-state index contributed by atoms with van der Waals surface area (Å²) in [7, 11) is 0. The number of halogens is 2. The molecule has 4 nitrogen and oxygen atoms in total. The van der Waals surface area contributed by atoms with Gasteiger partial charge in [-0.3, -0.25) is 10.6 Å². The third kappa shape index (κ3) is 4.09. The van der Waals surface area contributed by atoms with Crippen molar-refractivity contribution in [2.24, 2.45) is 0 Å². The van der Waals surface area contributed by atoms with Crippen molar-refractivity contribution in [2.75, 3.05) is 5.32 Å². The molecule has 1 aromatic heterocycles. The van der Waals surface area contributed by atoms with Crippen molar-refractivity contribution in [1.29, 1.82) is 0 Å². The Kier molecular flexibility index (Phi) is 5.22. The average molecular weight is 415 g/mol. The van der Waals surface area contributed by atoms with E-state index in [4.69, 9.17) is 12.2 Å². The van der Waals surface area contributed by atoms with Crippen molar-refractivity contribution in [3.8, 4) is 0 Å². The Morgan fingerprint density at radius 1 is 1.20 bits per heavy atom. The zero-order chi connectivity index (χ0) is 14.5. The Hall–Kier alpha value is -1.31. The van der Waals surface area contributed by atoms with Crippen LogP contribution in [0, 0.1) is 0 Å². The Labute approximate surface area is 138 Å². The van der Waals surface area contributed by atoms with E-state index >= 15 is 0 Å². The van der Waals surface area contributed by atoms with E-state index in [1.54, 1.807) is 12.3 Å². The van der Waals surface area contributed by atoms with Crippen molar-refractivity contribution >= 4 is 60.9 Å². The first-order chi connectivity index (χ1) is 9.56. The molecule has 0 aliphatic heterocycles. The zero-order valence-electron chi connectivity index (χ0n) is 10.1. The second-order valence-corrected chi connectivity index (χ2v) is 5.94. The standard InChI is InChI=1S/C13H9Br2N3OS/c14-9-6-10(15)11(16-7-9)17-13(19)18-12(20)8-4-2-1-3-5-8/h1-7H,(H2,16,17,18,19,20). The van der Waals surface area contributed by atoms with Crippen LogP contribution in [0.5, 0.6) is 0 Å². The van der Waals surface area contributed by atoms with Gasteiger partial charge in [0, 0.05) is 16.2 Å². The lowest BCUT2D eigenvalue weighted by atomic mass is 10.2. The summed E-state index contributed by atoms with van der Waals surface area (Å²) >= 11 is 11.8. The topological polar surface area (TPSA) is 54.0 Å². The molecule has 2 aromatic rings. The molecule has 0 atom stereocenters. The minimum atomic E-state index is -0.436. The van der Waals surface area contributed by atoms with Crippen LogP contribution >= 0.6 is 44.1 Å². The van der Waals surface area contributed by atoms with Gasteiger partial charge in [-0.2, -0.15) is 0 Å². The van der Waals surface area contributed by atoms with Crippen molar-refractivity contribution < 1.29 is 4.79 Å². The fourth-order valence-electron chi connectivity index (χ4n) is 1.41. The van der Waals surface area contributed by atoms with Gasteiger partial charge in [-0.05, 0) is 37.9 Å². The maximum atomic E-state index is 11.9. The highest BCUT2D eigenvalue weighted by Gasteiger charge is 2.09. The molecule has 0 aliphatic carbocycles. The molecule has 1 aromatic carbocycles. The number of pyridine rings is 1. The number of urea groups is 1. The van der Waals surface area contributed by atoms with Gasteiger partial charge in [-0.15, -0.1) is 0 Å². The highest BCUT2D eigenvalue weighted by Crippen LogP contribution is 2.23. The number of carbonyl (C=O) groups excluding carboxylic acids is 1. The second kappa shape index (κ2) is 6.92. The molecule has 0 saturated carbocycles. The molecule has 2 N–H and O–H groups in total. The number of anilines is 1. The number of rotatable bonds is 2. The quantitative estimate of drug-likeness (QED) is 0.727. The van der Waals surface area contributed by atoms with E-state index in [1.165, 1.54) is 0 Å². The largest absolute Gasteiger partial charge is 0.325 e. The molecule has 2 rings (SSSR count). The molecule has 0 fully saturated rings. The summed E-state index contributed by atoms with van der Waals surface area (Å²) in [4.78, 5) is 16.3. The summed E-state index contributed by atoms with van der Waals surface area (Å²) in [5.74, 6) is 0.418. The van der Waals surface area contributed by atoms with Crippen LogP contribution in [0.2, 0.25) is 0 Å². The molecule has 0 spiro atoms. The molecule has 0 radical (unpaired) electrons. The number of hydrogen-bond donors (Lipinski definition) is 2. The molecule has 20 heavy (non-hydrogen) atoms. The normalized spacial score (nSPS) is 9.90. The first kappa shape index (κ1) is 15.1. The summed E-state index contributed by atoms with van der Waals surface area (Å²) in [6, 6.07) is 10.6. The first-order valence-corrected chi connectivity index (χ1v) is 7.54. The minimum absolute atomic E-state index is 0.358. The number of nitrogens with zero attached hydrogens (tertiary/aromatic N) is 1. The summed E-state index contributed by atoms with van der Waals surface area (Å²) in [5.41, 5.74) is 0.778. The van der Waals surface area contributed by atoms with Crippen LogP contribution in [-0.4, -0.2) is 16.0 Å². The van der Waals surface area contributed by atoms with Crippen molar-refractivity contribution in [3.63, 3.8) is 0 Å². The Bertz CT molecular complexity index is 649. The second-order valence-electron chi connectivity index (χ2n) is 3.76. The van der Waals surface area contributed by atoms with Crippen molar-refractivity contribution in [1.82, 2.24) is 10.3 Å². The van der Waals surface area contributed by atoms with Gasteiger partial charge < -0.3 is 0 Å². The van der Waals surface area contributed by atoms with Gasteiger partial charge in [-0.25, -0.2) is 9.78 Å². The van der Waals surface area contributed by atoms with Gasteiger partial charge >= 0.3 is 6.03 Å². The molecular weight excluding hydrogens is 406 g/mol. The fraction of sp³-hybridized carbons (Fsp3) is 0. The van der Waals surface area contributed by atoms with Gasteiger partial charge in [0.2, 0.25) is 0 Å². The maximum absolute atomic E-state index is 11.9. The molecule has 0 bridgehead atoms. The molecule has 0 unspecified atom stereocenters. The monoisotopic (exact) mass is 413 g/mol. The van der Waals surface area contributed by atoms with E-state index in [0.717, 1.165) is 10.0 Å². The zero-order valence-corrected chi connectivity index (χ0v) is 14.0. The summed E-state index contributed by atoms with van der Waals surface area (Å²) in [6.45, 7) is 0. The number of nitrogens with one attached hydrogen (secondary N) is 2. The van der Waals surface area contributed by atoms with Crippen LogP contribution in [0.1, 0.15) is 5.56 Å². The fourth-order valence-corrected chi connectivity index (χ4v) is 2.73. The minimum Gasteiger partial charge on any atom is -0.298 e.